The summed E-state index contributed by atoms with van der Waals surface area (Å²) in [7, 11) is 0. The molecule has 0 radical (unpaired) electrons. The van der Waals surface area contributed by atoms with E-state index in [4.69, 9.17) is 19.5 Å². The number of hydrogen-bond acceptors (Lipinski definition) is 5. The molecule has 2 aromatic rings. The lowest BCUT2D eigenvalue weighted by Crippen LogP contribution is -2.45. The molecule has 0 bridgehead atoms. The van der Waals surface area contributed by atoms with Gasteiger partial charge >= 0.3 is 6.18 Å². The van der Waals surface area contributed by atoms with Gasteiger partial charge in [-0.2, -0.15) is 13.2 Å². The number of alkyl halides is 3. The minimum atomic E-state index is -4.33. The second kappa shape index (κ2) is 10.0. The largest absolute Gasteiger partial charge is 0.480 e. The number of rotatable bonds is 7. The zero-order valence-electron chi connectivity index (χ0n) is 20.2. The van der Waals surface area contributed by atoms with Gasteiger partial charge in [0, 0.05) is 9.58 Å². The summed E-state index contributed by atoms with van der Waals surface area (Å²) in [6, 6.07) is 3.87. The van der Waals surface area contributed by atoms with Gasteiger partial charge in [-0.1, -0.05) is 19.9 Å². The first-order chi connectivity index (χ1) is 15.5. The predicted molar refractivity (Wildman–Crippen MR) is 130 cm³/mol. The molecule has 4 nitrogen and oxygen atoms in total. The predicted octanol–water partition coefficient (Wildman–Crippen LogP) is 7.22. The highest BCUT2D eigenvalue weighted by Crippen LogP contribution is 2.38. The number of ether oxygens (including phenoxy) is 2. The van der Waals surface area contributed by atoms with Crippen LogP contribution in [-0.4, -0.2) is 36.6 Å². The summed E-state index contributed by atoms with van der Waals surface area (Å²) in [5.41, 5.74) is -0.130. The van der Waals surface area contributed by atoms with Crippen molar-refractivity contribution in [1.82, 2.24) is 0 Å². The molecule has 0 aliphatic carbocycles. The Morgan fingerprint density at radius 2 is 1.85 bits per heavy atom. The Morgan fingerprint density at radius 1 is 1.15 bits per heavy atom. The van der Waals surface area contributed by atoms with Gasteiger partial charge in [-0.05, 0) is 76.0 Å². The number of aliphatic imine (C=N–C) groups is 2. The number of halogens is 3. The van der Waals surface area contributed by atoms with Gasteiger partial charge < -0.3 is 9.47 Å². The van der Waals surface area contributed by atoms with Crippen LogP contribution in [0.4, 0.5) is 13.2 Å². The third kappa shape index (κ3) is 5.53. The molecule has 8 heteroatoms. The molecule has 0 unspecified atom stereocenters. The van der Waals surface area contributed by atoms with Gasteiger partial charge in [-0.25, -0.2) is 9.98 Å². The van der Waals surface area contributed by atoms with Crippen LogP contribution in [0.3, 0.4) is 0 Å². The Bertz CT molecular complexity index is 1040. The fourth-order valence-electron chi connectivity index (χ4n) is 4.24. The monoisotopic (exact) mass is 482 g/mol. The Hall–Kier alpha value is -2.09. The van der Waals surface area contributed by atoms with E-state index in [2.05, 4.69) is 13.8 Å². The van der Waals surface area contributed by atoms with E-state index >= 15 is 0 Å². The highest BCUT2D eigenvalue weighted by molar-refractivity contribution is 7.19. The maximum Gasteiger partial charge on any atom is 0.416 e. The smallest absolute Gasteiger partial charge is 0.416 e. The van der Waals surface area contributed by atoms with E-state index in [0.29, 0.717) is 36.1 Å². The summed E-state index contributed by atoms with van der Waals surface area (Å²) in [6.07, 6.45) is -2.09. The topological polar surface area (TPSA) is 43.2 Å². The lowest BCUT2D eigenvalue weighted by Gasteiger charge is -2.34. The van der Waals surface area contributed by atoms with E-state index in [9.17, 15) is 13.2 Å². The minimum absolute atomic E-state index is 0.162. The van der Waals surface area contributed by atoms with E-state index in [-0.39, 0.29) is 12.0 Å². The molecule has 3 rings (SSSR count). The fraction of sp³-hybridized carbons (Fsp3) is 0.600. The normalized spacial score (nSPS) is 21.3. The molecule has 1 aliphatic rings. The fourth-order valence-corrected chi connectivity index (χ4v) is 5.39. The van der Waals surface area contributed by atoms with Crippen LogP contribution in [0, 0.1) is 12.8 Å². The first kappa shape index (κ1) is 25.5. The van der Waals surface area contributed by atoms with Crippen molar-refractivity contribution >= 4 is 33.2 Å². The van der Waals surface area contributed by atoms with E-state index in [1.165, 1.54) is 23.5 Å². The van der Waals surface area contributed by atoms with Crippen molar-refractivity contribution in [2.45, 2.75) is 78.6 Å². The summed E-state index contributed by atoms with van der Waals surface area (Å²) in [4.78, 5) is 10.9. The first-order valence-electron chi connectivity index (χ1n) is 11.5. The molecular weight excluding hydrogens is 449 g/mol. The molecule has 182 valence electrons. The molecule has 1 aromatic carbocycles. The van der Waals surface area contributed by atoms with Crippen LogP contribution in [0.5, 0.6) is 0 Å². The summed E-state index contributed by atoms with van der Waals surface area (Å²) in [5.74, 6) is 1.51. The molecule has 0 saturated heterocycles. The highest BCUT2D eigenvalue weighted by Gasteiger charge is 2.40. The van der Waals surface area contributed by atoms with Crippen LogP contribution in [-0.2, 0) is 22.1 Å². The van der Waals surface area contributed by atoms with Crippen LogP contribution in [0.2, 0.25) is 0 Å². The maximum atomic E-state index is 13.1. The number of hydrogen-bond donors (Lipinski definition) is 0. The van der Waals surface area contributed by atoms with Gasteiger partial charge in [0.05, 0.1) is 18.8 Å². The molecule has 0 spiro atoms. The Balaban J connectivity index is 1.82. The minimum Gasteiger partial charge on any atom is -0.480 e. The molecule has 33 heavy (non-hydrogen) atoms. The average Bonchev–Trinajstić information content (AvgIpc) is 3.04. The SMILES string of the molecule is CCOC1=N[C@](C)(CCCc2c(C)sc3cc(C(F)(F)F)ccc23)C(OCC)=N[C@H]1C(C)C. The van der Waals surface area contributed by atoms with Crippen molar-refractivity contribution < 1.29 is 22.6 Å². The molecule has 2 atom stereocenters. The summed E-state index contributed by atoms with van der Waals surface area (Å²) >= 11 is 1.42. The molecule has 1 aliphatic heterocycles. The van der Waals surface area contributed by atoms with Gasteiger partial charge in [-0.3, -0.25) is 0 Å². The highest BCUT2D eigenvalue weighted by atomic mass is 32.1. The van der Waals surface area contributed by atoms with Crippen molar-refractivity contribution in [3.63, 3.8) is 0 Å². The molecular formula is C25H33F3N2O2S. The van der Waals surface area contributed by atoms with Gasteiger partial charge in [0.25, 0.3) is 0 Å². The quantitative estimate of drug-likeness (QED) is 0.418. The Morgan fingerprint density at radius 3 is 2.45 bits per heavy atom. The summed E-state index contributed by atoms with van der Waals surface area (Å²) in [5, 5.41) is 0.899. The standard InChI is InChI=1S/C25H33F3N2O2S/c1-7-31-22-21(15(3)4)29-23(32-8-2)24(6,30-22)13-9-10-18-16(5)33-20-14-17(25(26,27)28)11-12-19(18)20/h11-12,14-15,21H,7-10,13H2,1-6H3/t21-,24+/m0/s1. The maximum absolute atomic E-state index is 13.1. The van der Waals surface area contributed by atoms with E-state index in [1.54, 1.807) is 6.07 Å². The molecule has 0 N–H and O–H groups in total. The third-order valence-corrected chi connectivity index (χ3v) is 7.05. The number of nitrogens with zero attached hydrogens (tertiary/aromatic N) is 2. The van der Waals surface area contributed by atoms with Gasteiger partial charge in [0.15, 0.2) is 0 Å². The number of thiophene rings is 1. The Kier molecular flexibility index (Phi) is 7.76. The van der Waals surface area contributed by atoms with E-state index < -0.39 is 17.3 Å². The van der Waals surface area contributed by atoms with Crippen molar-refractivity contribution in [2.24, 2.45) is 15.9 Å². The van der Waals surface area contributed by atoms with Gasteiger partial charge in [-0.15, -0.1) is 11.3 Å². The third-order valence-electron chi connectivity index (χ3n) is 5.94. The van der Waals surface area contributed by atoms with Gasteiger partial charge in [0.1, 0.15) is 11.6 Å². The lowest BCUT2D eigenvalue weighted by atomic mass is 9.90. The second-order valence-electron chi connectivity index (χ2n) is 8.91. The van der Waals surface area contributed by atoms with Crippen molar-refractivity contribution in [3.8, 4) is 0 Å². The van der Waals surface area contributed by atoms with Crippen LogP contribution < -0.4 is 0 Å². The molecule has 0 saturated carbocycles. The lowest BCUT2D eigenvalue weighted by molar-refractivity contribution is -0.137. The van der Waals surface area contributed by atoms with Crippen molar-refractivity contribution in [2.75, 3.05) is 13.2 Å². The Labute approximate surface area is 197 Å². The molecule has 0 amide bonds. The van der Waals surface area contributed by atoms with Crippen molar-refractivity contribution in [1.29, 1.82) is 0 Å². The molecule has 0 fully saturated rings. The van der Waals surface area contributed by atoms with Crippen LogP contribution in [0.25, 0.3) is 10.1 Å². The van der Waals surface area contributed by atoms with Crippen LogP contribution in [0.1, 0.15) is 63.5 Å². The van der Waals surface area contributed by atoms with Gasteiger partial charge in [0.2, 0.25) is 11.8 Å². The molecule has 1 aromatic heterocycles. The first-order valence-corrected chi connectivity index (χ1v) is 12.3. The van der Waals surface area contributed by atoms with E-state index in [1.807, 2.05) is 27.7 Å². The second-order valence-corrected chi connectivity index (χ2v) is 10.2. The summed E-state index contributed by atoms with van der Waals surface area (Å²) in [6.45, 7) is 13.1. The van der Waals surface area contributed by atoms with Crippen molar-refractivity contribution in [3.05, 3.63) is 34.2 Å². The average molecular weight is 483 g/mol. The molecule has 2 heterocycles. The van der Waals surface area contributed by atoms with E-state index in [0.717, 1.165) is 28.7 Å². The zero-order chi connectivity index (χ0) is 24.4. The number of benzene rings is 1. The zero-order valence-corrected chi connectivity index (χ0v) is 21.0. The number of fused-ring (bicyclic) bond motifs is 1. The van der Waals surface area contributed by atoms with Crippen LogP contribution in [0.15, 0.2) is 28.2 Å². The van der Waals surface area contributed by atoms with Crippen LogP contribution >= 0.6 is 11.3 Å². The summed E-state index contributed by atoms with van der Waals surface area (Å²) < 4.78 is 51.7. The number of aryl methyl sites for hydroxylation is 2.